The number of nitrogens with zero attached hydrogens (tertiary/aromatic N) is 2. The smallest absolute Gasteiger partial charge is 0.243 e. The largest absolute Gasteiger partial charge is 0.309 e. The number of nitrogens with one attached hydrogen (secondary N) is 1. The van der Waals surface area contributed by atoms with Crippen LogP contribution in [-0.4, -0.2) is 49.8 Å². The Kier molecular flexibility index (Phi) is 4.05. The van der Waals surface area contributed by atoms with Gasteiger partial charge in [-0.05, 0) is 37.1 Å². The molecule has 0 aliphatic carbocycles. The zero-order valence-electron chi connectivity index (χ0n) is 12.7. The maximum Gasteiger partial charge on any atom is 0.243 e. The molecule has 6 heteroatoms. The summed E-state index contributed by atoms with van der Waals surface area (Å²) >= 11 is 0. The van der Waals surface area contributed by atoms with E-state index in [0.717, 1.165) is 31.7 Å². The predicted molar refractivity (Wildman–Crippen MR) is 82.5 cm³/mol. The highest BCUT2D eigenvalue weighted by atomic mass is 32.2. The Bertz CT molecular complexity index is 620. The molecule has 1 saturated heterocycles. The number of hydrogen-bond acceptors (Lipinski definition) is 4. The maximum absolute atomic E-state index is 12.8. The lowest BCUT2D eigenvalue weighted by Crippen LogP contribution is -2.50. The Hall–Kier alpha value is -0.950. The number of hydrogen-bond donors (Lipinski definition) is 1. The molecule has 0 bridgehead atoms. The van der Waals surface area contributed by atoms with Crippen LogP contribution in [0.1, 0.15) is 25.0 Å². The van der Waals surface area contributed by atoms with Crippen molar-refractivity contribution in [3.63, 3.8) is 0 Å². The van der Waals surface area contributed by atoms with Crippen molar-refractivity contribution in [2.24, 2.45) is 0 Å². The van der Waals surface area contributed by atoms with Gasteiger partial charge in [0.15, 0.2) is 0 Å². The van der Waals surface area contributed by atoms with Crippen molar-refractivity contribution in [2.45, 2.75) is 37.9 Å². The van der Waals surface area contributed by atoms with Gasteiger partial charge in [0.1, 0.15) is 0 Å². The van der Waals surface area contributed by atoms with Gasteiger partial charge in [0, 0.05) is 45.3 Å². The first-order valence-corrected chi connectivity index (χ1v) is 8.99. The first kappa shape index (κ1) is 15.0. The first-order valence-electron chi connectivity index (χ1n) is 7.55. The Morgan fingerprint density at radius 2 is 1.71 bits per heavy atom. The summed E-state index contributed by atoms with van der Waals surface area (Å²) in [4.78, 5) is 2.75. The standard InChI is InChI=1S/C15H23N3O2S/c1-12(2)17-5-7-18(8-6-17)21(19,20)15-4-3-13-10-16-11-14(13)9-15/h3-4,9,12,16H,5-8,10-11H2,1-2H3. The quantitative estimate of drug-likeness (QED) is 0.905. The molecule has 0 radical (unpaired) electrons. The highest BCUT2D eigenvalue weighted by Crippen LogP contribution is 2.23. The van der Waals surface area contributed by atoms with Crippen LogP contribution in [0.5, 0.6) is 0 Å². The molecule has 2 aliphatic heterocycles. The minimum Gasteiger partial charge on any atom is -0.309 e. The normalized spacial score (nSPS) is 20.9. The Balaban J connectivity index is 1.78. The SMILES string of the molecule is CC(C)N1CCN(S(=O)(=O)c2ccc3c(c2)CNC3)CC1. The summed E-state index contributed by atoms with van der Waals surface area (Å²) in [5.41, 5.74) is 2.32. The van der Waals surface area contributed by atoms with Crippen LogP contribution >= 0.6 is 0 Å². The zero-order valence-corrected chi connectivity index (χ0v) is 13.5. The number of sulfonamides is 1. The average Bonchev–Trinajstić information content (AvgIpc) is 2.94. The number of fused-ring (bicyclic) bond motifs is 1. The van der Waals surface area contributed by atoms with Crippen molar-refractivity contribution in [1.29, 1.82) is 0 Å². The van der Waals surface area contributed by atoms with Crippen molar-refractivity contribution >= 4 is 10.0 Å². The minimum absolute atomic E-state index is 0.433. The van der Waals surface area contributed by atoms with Crippen LogP contribution in [0.2, 0.25) is 0 Å². The first-order chi connectivity index (χ1) is 9.98. The van der Waals surface area contributed by atoms with Crippen LogP contribution in [0.3, 0.4) is 0 Å². The van der Waals surface area contributed by atoms with Gasteiger partial charge in [0.25, 0.3) is 0 Å². The summed E-state index contributed by atoms with van der Waals surface area (Å²) in [6, 6.07) is 5.99. The van der Waals surface area contributed by atoms with Crippen LogP contribution in [0.15, 0.2) is 23.1 Å². The fraction of sp³-hybridized carbons (Fsp3) is 0.600. The lowest BCUT2D eigenvalue weighted by molar-refractivity contribution is 0.154. The average molecular weight is 309 g/mol. The van der Waals surface area contributed by atoms with E-state index in [1.165, 1.54) is 5.56 Å². The number of benzene rings is 1. The van der Waals surface area contributed by atoms with Gasteiger partial charge in [0.05, 0.1) is 4.90 Å². The molecule has 5 nitrogen and oxygen atoms in total. The molecule has 0 spiro atoms. The monoisotopic (exact) mass is 309 g/mol. The van der Waals surface area contributed by atoms with E-state index in [2.05, 4.69) is 24.1 Å². The molecular formula is C15H23N3O2S. The van der Waals surface area contributed by atoms with Crippen molar-refractivity contribution in [2.75, 3.05) is 26.2 Å². The van der Waals surface area contributed by atoms with Crippen LogP contribution in [0.4, 0.5) is 0 Å². The van der Waals surface area contributed by atoms with Gasteiger partial charge in [-0.15, -0.1) is 0 Å². The van der Waals surface area contributed by atoms with Gasteiger partial charge >= 0.3 is 0 Å². The molecule has 21 heavy (non-hydrogen) atoms. The molecule has 0 saturated carbocycles. The molecular weight excluding hydrogens is 286 g/mol. The molecule has 0 atom stereocenters. The molecule has 2 aliphatic rings. The van der Waals surface area contributed by atoms with Gasteiger partial charge in [0.2, 0.25) is 10.0 Å². The molecule has 1 N–H and O–H groups in total. The third-order valence-corrected chi connectivity index (χ3v) is 6.34. The molecule has 0 unspecified atom stereocenters. The van der Waals surface area contributed by atoms with Crippen molar-refractivity contribution in [3.05, 3.63) is 29.3 Å². The second kappa shape index (κ2) is 5.68. The summed E-state index contributed by atoms with van der Waals surface area (Å²) < 4.78 is 27.1. The highest BCUT2D eigenvalue weighted by molar-refractivity contribution is 7.89. The van der Waals surface area contributed by atoms with Crippen LogP contribution in [0, 0.1) is 0 Å². The Labute approximate surface area is 127 Å². The molecule has 116 valence electrons. The number of piperazine rings is 1. The Morgan fingerprint density at radius 1 is 1.05 bits per heavy atom. The van der Waals surface area contributed by atoms with Crippen molar-refractivity contribution < 1.29 is 8.42 Å². The van der Waals surface area contributed by atoms with E-state index < -0.39 is 10.0 Å². The molecule has 0 aromatic heterocycles. The van der Waals surface area contributed by atoms with Crippen LogP contribution in [-0.2, 0) is 23.1 Å². The third-order valence-electron chi connectivity index (χ3n) is 4.45. The molecule has 0 amide bonds. The molecule has 1 aromatic carbocycles. The lowest BCUT2D eigenvalue weighted by atomic mass is 10.1. The summed E-state index contributed by atoms with van der Waals surface area (Å²) in [6.45, 7) is 8.68. The van der Waals surface area contributed by atoms with Gasteiger partial charge < -0.3 is 5.32 Å². The van der Waals surface area contributed by atoms with E-state index in [1.54, 1.807) is 10.4 Å². The fourth-order valence-corrected chi connectivity index (χ4v) is 4.51. The summed E-state index contributed by atoms with van der Waals surface area (Å²) in [7, 11) is -3.35. The second-order valence-corrected chi connectivity index (χ2v) is 8.01. The van der Waals surface area contributed by atoms with E-state index in [-0.39, 0.29) is 0 Å². The van der Waals surface area contributed by atoms with Crippen LogP contribution in [0.25, 0.3) is 0 Å². The van der Waals surface area contributed by atoms with Gasteiger partial charge in [-0.25, -0.2) is 8.42 Å². The molecule has 2 heterocycles. The summed E-state index contributed by atoms with van der Waals surface area (Å²) in [5, 5.41) is 3.25. The van der Waals surface area contributed by atoms with Crippen molar-refractivity contribution in [3.8, 4) is 0 Å². The lowest BCUT2D eigenvalue weighted by Gasteiger charge is -2.36. The fourth-order valence-electron chi connectivity index (χ4n) is 3.04. The number of rotatable bonds is 3. The third kappa shape index (κ3) is 2.85. The molecule has 3 rings (SSSR count). The minimum atomic E-state index is -3.35. The highest BCUT2D eigenvalue weighted by Gasteiger charge is 2.29. The summed E-state index contributed by atoms with van der Waals surface area (Å²) in [5.74, 6) is 0. The second-order valence-electron chi connectivity index (χ2n) is 6.07. The zero-order chi connectivity index (χ0) is 15.0. The topological polar surface area (TPSA) is 52.7 Å². The molecule has 1 aromatic rings. The Morgan fingerprint density at radius 3 is 2.38 bits per heavy atom. The molecule has 1 fully saturated rings. The summed E-state index contributed by atoms with van der Waals surface area (Å²) in [6.07, 6.45) is 0. The van der Waals surface area contributed by atoms with Crippen LogP contribution < -0.4 is 5.32 Å². The van der Waals surface area contributed by atoms with E-state index in [1.807, 2.05) is 12.1 Å². The predicted octanol–water partition coefficient (Wildman–Crippen LogP) is 1.00. The van der Waals surface area contributed by atoms with Gasteiger partial charge in [-0.3, -0.25) is 4.90 Å². The van der Waals surface area contributed by atoms with E-state index in [4.69, 9.17) is 0 Å². The van der Waals surface area contributed by atoms with Crippen molar-refractivity contribution in [1.82, 2.24) is 14.5 Å². The maximum atomic E-state index is 12.8. The van der Waals surface area contributed by atoms with E-state index >= 15 is 0 Å². The van der Waals surface area contributed by atoms with E-state index in [9.17, 15) is 8.42 Å². The van der Waals surface area contributed by atoms with Gasteiger partial charge in [-0.1, -0.05) is 6.07 Å². The van der Waals surface area contributed by atoms with Gasteiger partial charge in [-0.2, -0.15) is 4.31 Å². The van der Waals surface area contributed by atoms with E-state index in [0.29, 0.717) is 24.0 Å².